The molecule has 8 nitrogen and oxygen atoms in total. The zero-order valence-corrected chi connectivity index (χ0v) is 16.8. The van der Waals surface area contributed by atoms with E-state index in [9.17, 15) is 14.7 Å². The molecule has 0 aliphatic carbocycles. The van der Waals surface area contributed by atoms with Crippen LogP contribution in [-0.4, -0.2) is 52.1 Å². The van der Waals surface area contributed by atoms with Crippen LogP contribution in [0.15, 0.2) is 18.5 Å². The summed E-state index contributed by atoms with van der Waals surface area (Å²) in [6.45, 7) is 1.36. The van der Waals surface area contributed by atoms with E-state index in [-0.39, 0.29) is 5.91 Å². The van der Waals surface area contributed by atoms with E-state index in [0.717, 1.165) is 36.2 Å². The highest BCUT2D eigenvalue weighted by Crippen LogP contribution is 2.45. The average molecular weight is 418 g/mol. The van der Waals surface area contributed by atoms with E-state index < -0.39 is 6.09 Å². The number of hydrogen-bond acceptors (Lipinski definition) is 7. The van der Waals surface area contributed by atoms with Gasteiger partial charge in [-0.25, -0.2) is 9.78 Å². The molecule has 4 heterocycles. The number of nitrogens with one attached hydrogen (secondary N) is 2. The number of carbonyl (C=O) groups excluding carboxylic acids is 1. The third-order valence-electron chi connectivity index (χ3n) is 4.59. The molecule has 0 unspecified atom stereocenters. The number of amides is 2. The summed E-state index contributed by atoms with van der Waals surface area (Å²) in [5, 5.41) is 16.9. The number of hydrogen-bond donors (Lipinski definition) is 3. The quantitative estimate of drug-likeness (QED) is 0.589. The Bertz CT molecular complexity index is 1010. The Kier molecular flexibility index (Phi) is 5.25. The van der Waals surface area contributed by atoms with Crippen LogP contribution in [0.5, 0.6) is 0 Å². The Hall–Kier alpha value is -2.56. The molecule has 0 radical (unpaired) electrons. The molecule has 0 saturated carbocycles. The summed E-state index contributed by atoms with van der Waals surface area (Å²) in [7, 11) is 1.80. The van der Waals surface area contributed by atoms with Crippen molar-refractivity contribution in [1.29, 1.82) is 0 Å². The maximum absolute atomic E-state index is 12.3. The summed E-state index contributed by atoms with van der Waals surface area (Å²) < 4.78 is 1.03. The van der Waals surface area contributed by atoms with E-state index in [4.69, 9.17) is 4.98 Å². The number of thiazole rings is 1. The first-order valence-corrected chi connectivity index (χ1v) is 10.5. The van der Waals surface area contributed by atoms with E-state index in [1.807, 2.05) is 6.07 Å². The maximum atomic E-state index is 12.3. The first-order valence-electron chi connectivity index (χ1n) is 8.84. The third kappa shape index (κ3) is 3.58. The van der Waals surface area contributed by atoms with Crippen LogP contribution in [0.2, 0.25) is 0 Å². The van der Waals surface area contributed by atoms with Crippen LogP contribution >= 0.6 is 22.7 Å². The minimum absolute atomic E-state index is 0.0768. The molecule has 0 atom stereocenters. The van der Waals surface area contributed by atoms with Crippen molar-refractivity contribution in [2.45, 2.75) is 19.4 Å². The lowest BCUT2D eigenvalue weighted by molar-refractivity contribution is -0.116. The average Bonchev–Trinajstić information content (AvgIpc) is 3.25. The van der Waals surface area contributed by atoms with Crippen molar-refractivity contribution in [1.82, 2.24) is 20.2 Å². The molecule has 0 saturated heterocycles. The summed E-state index contributed by atoms with van der Waals surface area (Å²) in [5.74, 6) is -0.0768. The second-order valence-electron chi connectivity index (χ2n) is 6.43. The Labute approximate surface area is 169 Å². The van der Waals surface area contributed by atoms with Gasteiger partial charge in [0.25, 0.3) is 0 Å². The molecule has 3 aromatic heterocycles. The van der Waals surface area contributed by atoms with Gasteiger partial charge in [0.1, 0.15) is 15.5 Å². The van der Waals surface area contributed by atoms with Crippen LogP contribution in [0.4, 0.5) is 9.80 Å². The van der Waals surface area contributed by atoms with Gasteiger partial charge in [0.05, 0.1) is 17.4 Å². The predicted molar refractivity (Wildman–Crippen MR) is 110 cm³/mol. The molecule has 146 valence electrons. The molecule has 1 aliphatic heterocycles. The van der Waals surface area contributed by atoms with E-state index in [1.54, 1.807) is 30.8 Å². The number of pyridine rings is 1. The van der Waals surface area contributed by atoms with Crippen molar-refractivity contribution < 1.29 is 14.7 Å². The van der Waals surface area contributed by atoms with Crippen LogP contribution in [0.25, 0.3) is 20.8 Å². The van der Waals surface area contributed by atoms with Crippen molar-refractivity contribution in [3.05, 3.63) is 28.9 Å². The lowest BCUT2D eigenvalue weighted by Gasteiger charge is -2.24. The number of carboxylic acid groups (broad SMARTS) is 1. The Morgan fingerprint density at radius 2 is 2.21 bits per heavy atom. The number of anilines is 1. The minimum atomic E-state index is -0.925. The molecule has 0 fully saturated rings. The summed E-state index contributed by atoms with van der Waals surface area (Å²) in [6.07, 6.45) is 3.51. The zero-order valence-electron chi connectivity index (χ0n) is 15.2. The SMILES string of the molecule is CNCCC(=O)Nc1sc2c(c1-c1nc3cnccc3s1)CCN(C(=O)O)C2. The standard InChI is InChI=1S/C18H19N5O3S2/c1-19-5-3-14(24)22-17-15(16-21-11-8-20-6-2-12(11)27-16)10-4-7-23(18(25)26)9-13(10)28-17/h2,6,8,19H,3-5,7,9H2,1H3,(H,22,24)(H,25,26). The van der Waals surface area contributed by atoms with E-state index in [0.29, 0.717) is 32.5 Å². The lowest BCUT2D eigenvalue weighted by atomic mass is 10.0. The van der Waals surface area contributed by atoms with E-state index in [2.05, 4.69) is 15.6 Å². The van der Waals surface area contributed by atoms with Gasteiger partial charge in [-0.2, -0.15) is 0 Å². The maximum Gasteiger partial charge on any atom is 0.407 e. The minimum Gasteiger partial charge on any atom is -0.465 e. The van der Waals surface area contributed by atoms with Gasteiger partial charge in [0.15, 0.2) is 0 Å². The number of fused-ring (bicyclic) bond motifs is 2. The van der Waals surface area contributed by atoms with Gasteiger partial charge in [-0.15, -0.1) is 22.7 Å². The first kappa shape index (κ1) is 18.8. The van der Waals surface area contributed by atoms with Gasteiger partial charge < -0.3 is 20.6 Å². The second kappa shape index (κ2) is 7.82. The summed E-state index contributed by atoms with van der Waals surface area (Å²) in [6, 6.07) is 1.92. The third-order valence-corrected chi connectivity index (χ3v) is 6.77. The molecule has 0 spiro atoms. The number of carbonyl (C=O) groups is 2. The molecule has 1 aliphatic rings. The fraction of sp³-hybridized carbons (Fsp3) is 0.333. The highest BCUT2D eigenvalue weighted by Gasteiger charge is 2.29. The Morgan fingerprint density at radius 1 is 1.36 bits per heavy atom. The zero-order chi connectivity index (χ0) is 19.7. The van der Waals surface area contributed by atoms with Crippen molar-refractivity contribution in [2.75, 3.05) is 25.5 Å². The molecule has 3 N–H and O–H groups in total. The van der Waals surface area contributed by atoms with Crippen molar-refractivity contribution in [2.24, 2.45) is 0 Å². The molecule has 2 amide bonds. The monoisotopic (exact) mass is 417 g/mol. The van der Waals surface area contributed by atoms with Crippen LogP contribution < -0.4 is 10.6 Å². The molecule has 28 heavy (non-hydrogen) atoms. The molecule has 10 heteroatoms. The van der Waals surface area contributed by atoms with Gasteiger partial charge in [0.2, 0.25) is 5.91 Å². The normalized spacial score (nSPS) is 13.5. The number of aromatic nitrogens is 2. The van der Waals surface area contributed by atoms with Crippen molar-refractivity contribution in [3.8, 4) is 10.6 Å². The van der Waals surface area contributed by atoms with E-state index >= 15 is 0 Å². The topological polar surface area (TPSA) is 107 Å². The predicted octanol–water partition coefficient (Wildman–Crippen LogP) is 3.00. The van der Waals surface area contributed by atoms with Crippen LogP contribution in [0.1, 0.15) is 16.9 Å². The highest BCUT2D eigenvalue weighted by atomic mass is 32.1. The van der Waals surface area contributed by atoms with Crippen LogP contribution in [0, 0.1) is 0 Å². The van der Waals surface area contributed by atoms with Gasteiger partial charge in [0, 0.05) is 36.1 Å². The van der Waals surface area contributed by atoms with E-state index in [1.165, 1.54) is 16.2 Å². The number of rotatable bonds is 5. The van der Waals surface area contributed by atoms with Crippen LogP contribution in [0.3, 0.4) is 0 Å². The Balaban J connectivity index is 1.76. The molecule has 0 aromatic carbocycles. The van der Waals surface area contributed by atoms with Gasteiger partial charge in [-0.1, -0.05) is 0 Å². The van der Waals surface area contributed by atoms with Gasteiger partial charge >= 0.3 is 6.09 Å². The summed E-state index contributed by atoms with van der Waals surface area (Å²) in [4.78, 5) is 34.9. The number of thiophene rings is 1. The number of nitrogens with zero attached hydrogens (tertiary/aromatic N) is 3. The molecular formula is C18H19N5O3S2. The van der Waals surface area contributed by atoms with Gasteiger partial charge in [-0.05, 0) is 25.1 Å². The molecular weight excluding hydrogens is 398 g/mol. The van der Waals surface area contributed by atoms with Crippen molar-refractivity contribution in [3.63, 3.8) is 0 Å². The van der Waals surface area contributed by atoms with Crippen molar-refractivity contribution >= 4 is 49.9 Å². The second-order valence-corrected chi connectivity index (χ2v) is 8.56. The smallest absolute Gasteiger partial charge is 0.407 e. The highest BCUT2D eigenvalue weighted by molar-refractivity contribution is 7.22. The molecule has 4 rings (SSSR count). The largest absolute Gasteiger partial charge is 0.465 e. The van der Waals surface area contributed by atoms with Gasteiger partial charge in [-0.3, -0.25) is 9.78 Å². The first-order chi connectivity index (χ1) is 13.6. The summed E-state index contributed by atoms with van der Waals surface area (Å²) in [5.41, 5.74) is 2.82. The Morgan fingerprint density at radius 3 is 2.96 bits per heavy atom. The fourth-order valence-corrected chi connectivity index (χ4v) is 5.55. The van der Waals surface area contributed by atoms with Crippen LogP contribution in [-0.2, 0) is 17.8 Å². The molecule has 3 aromatic rings. The lowest BCUT2D eigenvalue weighted by Crippen LogP contribution is -2.34. The summed E-state index contributed by atoms with van der Waals surface area (Å²) >= 11 is 3.00. The fourth-order valence-electron chi connectivity index (χ4n) is 3.20. The molecule has 0 bridgehead atoms.